The predicted molar refractivity (Wildman–Crippen MR) is 115 cm³/mol. The summed E-state index contributed by atoms with van der Waals surface area (Å²) in [6, 6.07) is 18.5. The van der Waals surface area contributed by atoms with Gasteiger partial charge < -0.3 is 10.3 Å². The number of rotatable bonds is 3. The van der Waals surface area contributed by atoms with Crippen molar-refractivity contribution in [2.24, 2.45) is 0 Å². The molecule has 0 unspecified atom stereocenters. The molecule has 0 fully saturated rings. The highest BCUT2D eigenvalue weighted by Crippen LogP contribution is 2.27. The average Bonchev–Trinajstić information content (AvgIpc) is 3.21. The van der Waals surface area contributed by atoms with Crippen molar-refractivity contribution in [2.45, 2.75) is 6.54 Å². The van der Waals surface area contributed by atoms with Gasteiger partial charge in [-0.05, 0) is 46.9 Å². The minimum atomic E-state index is 0.500. The maximum atomic E-state index is 6.06. The maximum Gasteiger partial charge on any atom is 0.146 e. The van der Waals surface area contributed by atoms with E-state index in [1.54, 1.807) is 0 Å². The molecule has 2 N–H and O–H groups in total. The first kappa shape index (κ1) is 16.2. The van der Waals surface area contributed by atoms with Crippen molar-refractivity contribution in [1.29, 1.82) is 0 Å². The molecule has 0 radical (unpaired) electrons. The van der Waals surface area contributed by atoms with Crippen molar-refractivity contribution in [3.8, 4) is 5.69 Å². The molecule has 0 saturated heterocycles. The van der Waals surface area contributed by atoms with E-state index in [9.17, 15) is 0 Å². The van der Waals surface area contributed by atoms with Gasteiger partial charge in [0.15, 0.2) is 0 Å². The molecule has 0 amide bonds. The predicted octanol–water partition coefficient (Wildman–Crippen LogP) is 4.01. The molecule has 0 atom stereocenters. The number of hydrogen-bond donors (Lipinski definition) is 1. The molecule has 6 nitrogen and oxygen atoms in total. The van der Waals surface area contributed by atoms with Crippen molar-refractivity contribution >= 4 is 50.5 Å². The zero-order valence-electron chi connectivity index (χ0n) is 14.2. The number of anilines is 1. The van der Waals surface area contributed by atoms with E-state index in [0.717, 1.165) is 37.1 Å². The van der Waals surface area contributed by atoms with Crippen molar-refractivity contribution in [3.63, 3.8) is 0 Å². The molecule has 0 bridgehead atoms. The lowest BCUT2D eigenvalue weighted by Crippen LogP contribution is -2.07. The third-order valence-electron chi connectivity index (χ3n) is 4.59. The second-order valence-corrected chi connectivity index (χ2v) is 7.41. The van der Waals surface area contributed by atoms with Gasteiger partial charge in [-0.3, -0.25) is 4.57 Å². The zero-order chi connectivity index (χ0) is 18.4. The standard InChI is InChI=1S/C20H15IN6/c21-14-10-26(20-18(14)19(22)23-12-24-20)11-17-25-15-8-4-5-9-16(15)27(17)13-6-2-1-3-7-13/h1-10,12H,11H2,(H2,22,23,24). The van der Waals surface area contributed by atoms with Crippen molar-refractivity contribution in [3.05, 3.63) is 76.5 Å². The van der Waals surface area contributed by atoms with Crippen LogP contribution in [0, 0.1) is 3.57 Å². The number of nitrogens with zero attached hydrogens (tertiary/aromatic N) is 5. The Bertz CT molecular complexity index is 1270. The van der Waals surface area contributed by atoms with E-state index in [-0.39, 0.29) is 0 Å². The first-order valence-electron chi connectivity index (χ1n) is 8.49. The summed E-state index contributed by atoms with van der Waals surface area (Å²) in [5.74, 6) is 1.44. The summed E-state index contributed by atoms with van der Waals surface area (Å²) in [7, 11) is 0. The normalized spacial score (nSPS) is 11.4. The smallest absolute Gasteiger partial charge is 0.146 e. The molecule has 3 aromatic heterocycles. The van der Waals surface area contributed by atoms with Crippen molar-refractivity contribution in [1.82, 2.24) is 24.1 Å². The first-order chi connectivity index (χ1) is 13.2. The minimum absolute atomic E-state index is 0.500. The summed E-state index contributed by atoms with van der Waals surface area (Å²) in [6.45, 7) is 0.583. The van der Waals surface area contributed by atoms with Gasteiger partial charge in [-0.15, -0.1) is 0 Å². The number of imidazole rings is 1. The van der Waals surface area contributed by atoms with Crippen LogP contribution in [0.2, 0.25) is 0 Å². The highest BCUT2D eigenvalue weighted by Gasteiger charge is 2.16. The third-order valence-corrected chi connectivity index (χ3v) is 5.41. The lowest BCUT2D eigenvalue weighted by molar-refractivity contribution is 0.751. The number of nitrogens with two attached hydrogens (primary N) is 1. The van der Waals surface area contributed by atoms with Gasteiger partial charge >= 0.3 is 0 Å². The minimum Gasteiger partial charge on any atom is -0.383 e. The summed E-state index contributed by atoms with van der Waals surface area (Å²) in [5, 5.41) is 0.889. The van der Waals surface area contributed by atoms with Crippen LogP contribution in [-0.4, -0.2) is 24.1 Å². The number of halogens is 1. The highest BCUT2D eigenvalue weighted by atomic mass is 127. The van der Waals surface area contributed by atoms with Crippen LogP contribution in [0.15, 0.2) is 67.1 Å². The van der Waals surface area contributed by atoms with Gasteiger partial charge in [-0.1, -0.05) is 30.3 Å². The topological polar surface area (TPSA) is 74.6 Å². The van der Waals surface area contributed by atoms with Crippen LogP contribution in [-0.2, 0) is 6.54 Å². The van der Waals surface area contributed by atoms with Gasteiger partial charge in [0.1, 0.15) is 23.6 Å². The number of hydrogen-bond acceptors (Lipinski definition) is 4. The highest BCUT2D eigenvalue weighted by molar-refractivity contribution is 14.1. The van der Waals surface area contributed by atoms with E-state index in [1.165, 1.54) is 6.33 Å². The average molecular weight is 466 g/mol. The molecular weight excluding hydrogens is 451 g/mol. The largest absolute Gasteiger partial charge is 0.383 e. The molecule has 132 valence electrons. The van der Waals surface area contributed by atoms with Crippen LogP contribution >= 0.6 is 22.6 Å². The van der Waals surface area contributed by atoms with Gasteiger partial charge in [-0.2, -0.15) is 0 Å². The molecule has 0 aliphatic carbocycles. The Kier molecular flexibility index (Phi) is 3.82. The molecule has 0 spiro atoms. The summed E-state index contributed by atoms with van der Waals surface area (Å²) in [5.41, 5.74) is 10.0. The Morgan fingerprint density at radius 2 is 1.74 bits per heavy atom. The van der Waals surface area contributed by atoms with E-state index in [1.807, 2.05) is 42.6 Å². The van der Waals surface area contributed by atoms with E-state index in [4.69, 9.17) is 10.7 Å². The molecule has 0 saturated carbocycles. The molecule has 5 rings (SSSR count). The van der Waals surface area contributed by atoms with Gasteiger partial charge in [0.25, 0.3) is 0 Å². The quantitative estimate of drug-likeness (QED) is 0.408. The van der Waals surface area contributed by atoms with Crippen LogP contribution in [0.5, 0.6) is 0 Å². The molecule has 3 heterocycles. The SMILES string of the molecule is Nc1ncnc2c1c(I)cn2Cc1nc2ccccc2n1-c1ccccc1. The molecule has 2 aromatic carbocycles. The molecule has 27 heavy (non-hydrogen) atoms. The van der Waals surface area contributed by atoms with Crippen LogP contribution in [0.4, 0.5) is 5.82 Å². The van der Waals surface area contributed by atoms with Crippen molar-refractivity contribution < 1.29 is 0 Å². The fourth-order valence-corrected chi connectivity index (χ4v) is 4.27. The Hall–Kier alpha value is -2.94. The Balaban J connectivity index is 1.72. The number of fused-ring (bicyclic) bond motifs is 2. The number of nitrogen functional groups attached to an aromatic ring is 1. The van der Waals surface area contributed by atoms with Gasteiger partial charge in [0, 0.05) is 15.5 Å². The molecular formula is C20H15IN6. The van der Waals surface area contributed by atoms with Gasteiger partial charge in [0.2, 0.25) is 0 Å². The summed E-state index contributed by atoms with van der Waals surface area (Å²) in [4.78, 5) is 13.4. The second kappa shape index (κ2) is 6.34. The Morgan fingerprint density at radius 1 is 0.963 bits per heavy atom. The van der Waals surface area contributed by atoms with Crippen LogP contribution in [0.25, 0.3) is 27.8 Å². The molecule has 5 aromatic rings. The maximum absolute atomic E-state index is 6.06. The Labute approximate surface area is 168 Å². The van der Waals surface area contributed by atoms with Crippen LogP contribution in [0.3, 0.4) is 0 Å². The van der Waals surface area contributed by atoms with E-state index in [2.05, 4.69) is 59.9 Å². The lowest BCUT2D eigenvalue weighted by Gasteiger charge is -2.10. The van der Waals surface area contributed by atoms with E-state index < -0.39 is 0 Å². The van der Waals surface area contributed by atoms with E-state index >= 15 is 0 Å². The number of para-hydroxylation sites is 3. The number of aromatic nitrogens is 5. The Morgan fingerprint density at radius 3 is 2.59 bits per heavy atom. The first-order valence-corrected chi connectivity index (χ1v) is 9.57. The van der Waals surface area contributed by atoms with E-state index in [0.29, 0.717) is 12.4 Å². The monoisotopic (exact) mass is 466 g/mol. The van der Waals surface area contributed by atoms with Crippen molar-refractivity contribution in [2.75, 3.05) is 5.73 Å². The fraction of sp³-hybridized carbons (Fsp3) is 0.0500. The molecule has 0 aliphatic heterocycles. The summed E-state index contributed by atoms with van der Waals surface area (Å²) in [6.07, 6.45) is 3.55. The van der Waals surface area contributed by atoms with Crippen LogP contribution < -0.4 is 5.73 Å². The zero-order valence-corrected chi connectivity index (χ0v) is 16.4. The molecule has 0 aliphatic rings. The van der Waals surface area contributed by atoms with Gasteiger partial charge in [-0.25, -0.2) is 15.0 Å². The summed E-state index contributed by atoms with van der Waals surface area (Å²) >= 11 is 2.27. The second-order valence-electron chi connectivity index (χ2n) is 6.25. The van der Waals surface area contributed by atoms with Gasteiger partial charge in [0.05, 0.1) is 23.0 Å². The lowest BCUT2D eigenvalue weighted by atomic mass is 10.3. The fourth-order valence-electron chi connectivity index (χ4n) is 3.42. The van der Waals surface area contributed by atoms with Crippen LogP contribution in [0.1, 0.15) is 5.82 Å². The molecule has 7 heteroatoms. The number of benzene rings is 2. The third kappa shape index (κ3) is 2.66. The summed E-state index contributed by atoms with van der Waals surface area (Å²) < 4.78 is 5.30.